The van der Waals surface area contributed by atoms with Crippen LogP contribution in [0.5, 0.6) is 0 Å². The number of hydrogen-bond acceptors (Lipinski definition) is 4. The lowest BCUT2D eigenvalue weighted by atomic mass is 9.68. The number of carbonyl (C=O) groups is 2. The van der Waals surface area contributed by atoms with E-state index >= 15 is 0 Å². The molecule has 6 nitrogen and oxygen atoms in total. The second kappa shape index (κ2) is 10.6. The van der Waals surface area contributed by atoms with Crippen molar-refractivity contribution < 1.29 is 9.59 Å². The smallest absolute Gasteiger partial charge is 0.255 e. The van der Waals surface area contributed by atoms with Crippen molar-refractivity contribution in [2.75, 3.05) is 18.9 Å². The van der Waals surface area contributed by atoms with E-state index in [4.69, 9.17) is 5.73 Å². The van der Waals surface area contributed by atoms with Gasteiger partial charge in [-0.05, 0) is 48.2 Å². The molecule has 0 saturated heterocycles. The second-order valence-electron chi connectivity index (χ2n) is 9.11. The molecule has 3 N–H and O–H groups in total. The fourth-order valence-corrected chi connectivity index (χ4v) is 4.91. The van der Waals surface area contributed by atoms with Gasteiger partial charge < -0.3 is 16.0 Å². The molecule has 1 aromatic heterocycles. The van der Waals surface area contributed by atoms with Crippen molar-refractivity contribution in [3.8, 4) is 0 Å². The van der Waals surface area contributed by atoms with Gasteiger partial charge in [-0.15, -0.1) is 0 Å². The Labute approximate surface area is 201 Å². The summed E-state index contributed by atoms with van der Waals surface area (Å²) in [6.45, 7) is 0.413. The van der Waals surface area contributed by atoms with Crippen LogP contribution in [0, 0.1) is 0 Å². The average molecular weight is 457 g/mol. The largest absolute Gasteiger partial charge is 0.343 e. The molecule has 0 bridgehead atoms. The molecule has 0 spiro atoms. The van der Waals surface area contributed by atoms with E-state index < -0.39 is 5.41 Å². The zero-order valence-electron chi connectivity index (χ0n) is 19.6. The molecule has 2 amide bonds. The summed E-state index contributed by atoms with van der Waals surface area (Å²) in [7, 11) is 1.85. The SMILES string of the molecule is CN(CC(N)c1ccc(C(=O)Nc2ccncc2)cc1)C(=O)C1(c2ccccc2)CCCCC1. The number of nitrogens with one attached hydrogen (secondary N) is 1. The number of nitrogens with zero attached hydrogens (tertiary/aromatic N) is 2. The van der Waals surface area contributed by atoms with Gasteiger partial charge in [0.1, 0.15) is 0 Å². The standard InChI is InChI=1S/C28H32N4O2/c1-32(27(34)28(16-6-3-7-17-28)23-8-4-2-5-9-23)20-25(29)21-10-12-22(13-11-21)26(33)31-24-14-18-30-19-15-24/h2,4-5,8-15,18-19,25H,3,6-7,16-17,20,29H2,1H3,(H,30,31,33). The van der Waals surface area contributed by atoms with Crippen molar-refractivity contribution in [1.29, 1.82) is 0 Å². The van der Waals surface area contributed by atoms with Crippen molar-refractivity contribution in [1.82, 2.24) is 9.88 Å². The van der Waals surface area contributed by atoms with Crippen LogP contribution in [0.2, 0.25) is 0 Å². The van der Waals surface area contributed by atoms with E-state index in [1.54, 1.807) is 41.6 Å². The summed E-state index contributed by atoms with van der Waals surface area (Å²) in [6, 6.07) is 20.5. The van der Waals surface area contributed by atoms with E-state index in [9.17, 15) is 9.59 Å². The predicted octanol–water partition coefficient (Wildman–Crippen LogP) is 4.69. The number of rotatable bonds is 7. The molecule has 1 unspecified atom stereocenters. The normalized spacial score (nSPS) is 15.8. The third-order valence-corrected chi connectivity index (χ3v) is 6.80. The Morgan fingerprint density at radius 3 is 2.26 bits per heavy atom. The van der Waals surface area contributed by atoms with E-state index in [1.165, 1.54) is 6.42 Å². The van der Waals surface area contributed by atoms with Crippen molar-refractivity contribution in [3.05, 3.63) is 95.8 Å². The van der Waals surface area contributed by atoms with Crippen LogP contribution in [0.3, 0.4) is 0 Å². The highest BCUT2D eigenvalue weighted by Crippen LogP contribution is 2.41. The van der Waals surface area contributed by atoms with E-state index in [1.807, 2.05) is 37.4 Å². The lowest BCUT2D eigenvalue weighted by molar-refractivity contribution is -0.137. The van der Waals surface area contributed by atoms with Gasteiger partial charge in [0.05, 0.1) is 5.41 Å². The molecule has 6 heteroatoms. The number of benzene rings is 2. The molecule has 1 aliphatic rings. The lowest BCUT2D eigenvalue weighted by Gasteiger charge is -2.39. The first kappa shape index (κ1) is 23.6. The van der Waals surface area contributed by atoms with Crippen LogP contribution >= 0.6 is 0 Å². The van der Waals surface area contributed by atoms with Crippen LogP contribution in [0.1, 0.15) is 59.6 Å². The van der Waals surface area contributed by atoms with Crippen LogP contribution in [-0.4, -0.2) is 35.3 Å². The summed E-state index contributed by atoms with van der Waals surface area (Å²) in [5.41, 5.74) is 9.25. The maximum absolute atomic E-state index is 13.7. The van der Waals surface area contributed by atoms with Crippen molar-refractivity contribution in [2.24, 2.45) is 5.73 Å². The van der Waals surface area contributed by atoms with E-state index in [0.29, 0.717) is 17.8 Å². The number of anilines is 1. The Hall–Kier alpha value is -3.51. The molecular formula is C28H32N4O2. The molecule has 1 saturated carbocycles. The first-order chi connectivity index (χ1) is 16.5. The zero-order chi connectivity index (χ0) is 24.0. The Morgan fingerprint density at radius 1 is 0.971 bits per heavy atom. The van der Waals surface area contributed by atoms with Gasteiger partial charge in [0.25, 0.3) is 5.91 Å². The summed E-state index contributed by atoms with van der Waals surface area (Å²) < 4.78 is 0. The van der Waals surface area contributed by atoms with Gasteiger partial charge in [-0.3, -0.25) is 14.6 Å². The Kier molecular flexibility index (Phi) is 7.38. The molecule has 1 atom stereocenters. The van der Waals surface area contributed by atoms with Gasteiger partial charge >= 0.3 is 0 Å². The van der Waals surface area contributed by atoms with Crippen LogP contribution in [-0.2, 0) is 10.2 Å². The molecule has 1 fully saturated rings. The zero-order valence-corrected chi connectivity index (χ0v) is 19.6. The highest BCUT2D eigenvalue weighted by atomic mass is 16.2. The van der Waals surface area contributed by atoms with Crippen molar-refractivity contribution >= 4 is 17.5 Å². The summed E-state index contributed by atoms with van der Waals surface area (Å²) in [5.74, 6) is -0.0529. The first-order valence-electron chi connectivity index (χ1n) is 11.9. The molecule has 34 heavy (non-hydrogen) atoms. The number of carbonyl (C=O) groups excluding carboxylic acids is 2. The first-order valence-corrected chi connectivity index (χ1v) is 11.9. The molecule has 176 valence electrons. The quantitative estimate of drug-likeness (QED) is 0.540. The van der Waals surface area contributed by atoms with Crippen molar-refractivity contribution in [2.45, 2.75) is 43.6 Å². The summed E-state index contributed by atoms with van der Waals surface area (Å²) in [4.78, 5) is 31.9. The van der Waals surface area contributed by atoms with E-state index in [0.717, 1.165) is 36.8 Å². The topological polar surface area (TPSA) is 88.3 Å². The molecule has 4 rings (SSSR count). The minimum atomic E-state index is -0.469. The maximum Gasteiger partial charge on any atom is 0.255 e. The Morgan fingerprint density at radius 2 is 1.62 bits per heavy atom. The minimum absolute atomic E-state index is 0.141. The molecule has 0 radical (unpaired) electrons. The second-order valence-corrected chi connectivity index (χ2v) is 9.11. The fraction of sp³-hybridized carbons (Fsp3) is 0.321. The Bertz CT molecular complexity index is 1090. The molecule has 2 aromatic carbocycles. The average Bonchev–Trinajstić information content (AvgIpc) is 2.89. The minimum Gasteiger partial charge on any atom is -0.343 e. The number of aromatic nitrogens is 1. The van der Waals surface area contributed by atoms with Gasteiger partial charge in [0, 0.05) is 43.3 Å². The molecule has 1 heterocycles. The summed E-state index contributed by atoms with van der Waals surface area (Å²) in [5, 5.41) is 2.85. The highest BCUT2D eigenvalue weighted by molar-refractivity contribution is 6.04. The number of nitrogens with two attached hydrogens (primary N) is 1. The number of amides is 2. The number of pyridine rings is 1. The lowest BCUT2D eigenvalue weighted by Crippen LogP contribution is -2.48. The van der Waals surface area contributed by atoms with Crippen LogP contribution in [0.4, 0.5) is 5.69 Å². The van der Waals surface area contributed by atoms with E-state index in [2.05, 4.69) is 22.4 Å². The summed E-state index contributed by atoms with van der Waals surface area (Å²) >= 11 is 0. The summed E-state index contributed by atoms with van der Waals surface area (Å²) in [6.07, 6.45) is 8.29. The fourth-order valence-electron chi connectivity index (χ4n) is 4.91. The number of hydrogen-bond donors (Lipinski definition) is 2. The van der Waals surface area contributed by atoms with Crippen molar-refractivity contribution in [3.63, 3.8) is 0 Å². The molecular weight excluding hydrogens is 424 g/mol. The monoisotopic (exact) mass is 456 g/mol. The third-order valence-electron chi connectivity index (χ3n) is 6.80. The Balaban J connectivity index is 1.43. The molecule has 1 aliphatic carbocycles. The molecule has 0 aliphatic heterocycles. The third kappa shape index (κ3) is 5.18. The van der Waals surface area contributed by atoms with Gasteiger partial charge in [0.2, 0.25) is 5.91 Å². The van der Waals surface area contributed by atoms with Crippen LogP contribution < -0.4 is 11.1 Å². The van der Waals surface area contributed by atoms with Gasteiger partial charge in [-0.2, -0.15) is 0 Å². The highest BCUT2D eigenvalue weighted by Gasteiger charge is 2.42. The van der Waals surface area contributed by atoms with Crippen LogP contribution in [0.15, 0.2) is 79.1 Å². The van der Waals surface area contributed by atoms with Gasteiger partial charge in [-0.1, -0.05) is 61.7 Å². The molecule has 3 aromatic rings. The number of likely N-dealkylation sites (N-methyl/N-ethyl adjacent to an activating group) is 1. The predicted molar refractivity (Wildman–Crippen MR) is 134 cm³/mol. The maximum atomic E-state index is 13.7. The van der Waals surface area contributed by atoms with Crippen LogP contribution in [0.25, 0.3) is 0 Å². The van der Waals surface area contributed by atoms with Gasteiger partial charge in [-0.25, -0.2) is 0 Å². The van der Waals surface area contributed by atoms with Gasteiger partial charge in [0.15, 0.2) is 0 Å². The van der Waals surface area contributed by atoms with E-state index in [-0.39, 0.29) is 17.9 Å².